The molecule has 0 atom stereocenters. The van der Waals surface area contributed by atoms with Crippen molar-refractivity contribution in [2.45, 2.75) is 18.8 Å². The molecule has 0 spiro atoms. The minimum Gasteiger partial charge on any atom is -0.496 e. The maximum Gasteiger partial charge on any atom is 0.416 e. The first-order valence-electron chi connectivity index (χ1n) is 12.3. The van der Waals surface area contributed by atoms with Crippen LogP contribution in [0.1, 0.15) is 32.8 Å². The molecule has 16 heteroatoms. The molecule has 4 rings (SSSR count). The second-order valence-corrected chi connectivity index (χ2v) is 11.7. The maximum absolute atomic E-state index is 13.3. The lowest BCUT2D eigenvalue weighted by atomic mass is 10.0. The molecule has 1 aliphatic heterocycles. The minimum atomic E-state index is -4.98. The smallest absolute Gasteiger partial charge is 0.416 e. The molecule has 232 valence electrons. The van der Waals surface area contributed by atoms with E-state index < -0.39 is 41.3 Å². The summed E-state index contributed by atoms with van der Waals surface area (Å²) in [6, 6.07) is 7.04. The third-order valence-corrected chi connectivity index (χ3v) is 8.40. The van der Waals surface area contributed by atoms with Crippen LogP contribution in [0.2, 0.25) is 0 Å². The first-order valence-corrected chi connectivity index (χ1v) is 14.4. The van der Waals surface area contributed by atoms with Gasteiger partial charge in [-0.2, -0.15) is 26.3 Å². The van der Waals surface area contributed by atoms with Gasteiger partial charge >= 0.3 is 18.3 Å². The van der Waals surface area contributed by atoms with Crippen LogP contribution in [-0.2, 0) is 26.7 Å². The van der Waals surface area contributed by atoms with E-state index in [2.05, 4.69) is 10.1 Å². The molecule has 1 aliphatic rings. The van der Waals surface area contributed by atoms with Gasteiger partial charge in [0.15, 0.2) is 0 Å². The predicted molar refractivity (Wildman–Crippen MR) is 157 cm³/mol. The molecule has 1 aromatic heterocycles. The number of carbonyl (C=O) groups is 3. The number of amides is 2. The lowest BCUT2D eigenvalue weighted by molar-refractivity contribution is -0.143. The molecule has 1 fully saturated rings. The second kappa shape index (κ2) is 13.0. The Morgan fingerprint density at radius 2 is 1.64 bits per heavy atom. The highest BCUT2D eigenvalue weighted by Crippen LogP contribution is 2.40. The highest BCUT2D eigenvalue weighted by atomic mass is 32.2. The number of nitrogens with zero attached hydrogens (tertiary/aromatic N) is 1. The molecular weight excluding hydrogens is 655 g/mol. The van der Waals surface area contributed by atoms with E-state index in [4.69, 9.17) is 17.0 Å². The Kier molecular flexibility index (Phi) is 9.75. The van der Waals surface area contributed by atoms with Crippen molar-refractivity contribution in [3.8, 4) is 16.9 Å². The zero-order valence-corrected chi connectivity index (χ0v) is 25.0. The minimum absolute atomic E-state index is 0.0556. The van der Waals surface area contributed by atoms with Crippen LogP contribution in [-0.4, -0.2) is 47.8 Å². The van der Waals surface area contributed by atoms with Gasteiger partial charge in [0.1, 0.15) is 15.6 Å². The summed E-state index contributed by atoms with van der Waals surface area (Å²) in [4.78, 5) is 39.2. The third kappa shape index (κ3) is 7.60. The quantitative estimate of drug-likeness (QED) is 0.115. The number of hydrogen-bond acceptors (Lipinski definition) is 8. The number of ether oxygens (including phenoxy) is 2. The van der Waals surface area contributed by atoms with Crippen LogP contribution in [0.4, 0.5) is 32.0 Å². The van der Waals surface area contributed by atoms with Gasteiger partial charge < -0.3 is 14.8 Å². The number of thioether (sulfide) groups is 1. The lowest BCUT2D eigenvalue weighted by Crippen LogP contribution is -2.31. The van der Waals surface area contributed by atoms with Crippen molar-refractivity contribution < 1.29 is 50.2 Å². The predicted octanol–water partition coefficient (Wildman–Crippen LogP) is 7.48. The Hall–Kier alpha value is -3.89. The second-order valence-electron chi connectivity index (χ2n) is 9.07. The summed E-state index contributed by atoms with van der Waals surface area (Å²) in [6.45, 7) is -0.0641. The highest BCUT2D eigenvalue weighted by Gasteiger charge is 2.37. The van der Waals surface area contributed by atoms with Crippen molar-refractivity contribution >= 4 is 69.2 Å². The number of hydrogen-bond donors (Lipinski definition) is 1. The van der Waals surface area contributed by atoms with Crippen LogP contribution >= 0.6 is 35.3 Å². The first kappa shape index (κ1) is 33.0. The summed E-state index contributed by atoms with van der Waals surface area (Å²) >= 11 is 7.25. The number of halogens is 6. The number of alkyl halides is 6. The SMILES string of the molecule is COC(=O)c1ccc(NC(=O)CCN2C(=O)/C(=C/c3cc(-c4cc(C(F)(F)F)cc(C(F)(F)F)c4)cs3)SC2=S)cc1OC. The topological polar surface area (TPSA) is 84.9 Å². The number of thiophene rings is 1. The molecule has 2 heterocycles. The van der Waals surface area contributed by atoms with Crippen LogP contribution in [0.3, 0.4) is 0 Å². The maximum atomic E-state index is 13.3. The number of anilines is 1. The Bertz CT molecular complexity index is 1630. The van der Waals surface area contributed by atoms with Gasteiger partial charge in [0, 0.05) is 29.6 Å². The van der Waals surface area contributed by atoms with Crippen molar-refractivity contribution in [2.24, 2.45) is 0 Å². The normalized spacial score (nSPS) is 14.7. The van der Waals surface area contributed by atoms with Crippen molar-refractivity contribution in [1.29, 1.82) is 0 Å². The third-order valence-electron chi connectivity index (χ3n) is 6.14. The van der Waals surface area contributed by atoms with E-state index in [0.29, 0.717) is 22.7 Å². The van der Waals surface area contributed by atoms with E-state index in [1.807, 2.05) is 0 Å². The van der Waals surface area contributed by atoms with Crippen LogP contribution in [0.15, 0.2) is 52.7 Å². The van der Waals surface area contributed by atoms with Gasteiger partial charge in [0.2, 0.25) is 5.91 Å². The highest BCUT2D eigenvalue weighted by molar-refractivity contribution is 8.26. The van der Waals surface area contributed by atoms with Crippen molar-refractivity contribution in [2.75, 3.05) is 26.1 Å². The van der Waals surface area contributed by atoms with Gasteiger partial charge in [-0.25, -0.2) is 4.79 Å². The lowest BCUT2D eigenvalue weighted by Gasteiger charge is -2.14. The number of carbonyl (C=O) groups excluding carboxylic acids is 3. The fourth-order valence-corrected chi connectivity index (χ4v) is 6.23. The van der Waals surface area contributed by atoms with Crippen molar-refractivity contribution in [1.82, 2.24) is 4.90 Å². The standard InChI is InChI=1S/C28H20F6N2O5S3/c1-40-21-11-18(3-4-20(21)25(39)41-2)35-23(37)5-6-36-24(38)22(44-26(36)42)12-19-9-15(13-43-19)14-7-16(27(29,30)31)10-17(8-14)28(32,33)34/h3-4,7-13H,5-6H2,1-2H3,(H,35,37)/b22-12-. The van der Waals surface area contributed by atoms with E-state index >= 15 is 0 Å². The zero-order chi connectivity index (χ0) is 32.4. The molecule has 1 saturated heterocycles. The molecule has 0 unspecified atom stereocenters. The first-order chi connectivity index (χ1) is 20.6. The molecule has 0 saturated carbocycles. The van der Waals surface area contributed by atoms with Gasteiger partial charge in [-0.1, -0.05) is 24.0 Å². The van der Waals surface area contributed by atoms with Crippen molar-refractivity contribution in [3.05, 3.63) is 74.3 Å². The van der Waals surface area contributed by atoms with Gasteiger partial charge in [-0.3, -0.25) is 14.5 Å². The molecule has 1 N–H and O–H groups in total. The molecule has 2 aromatic carbocycles. The van der Waals surface area contributed by atoms with Crippen LogP contribution in [0.5, 0.6) is 5.75 Å². The summed E-state index contributed by atoms with van der Waals surface area (Å²) in [5.41, 5.74) is -2.53. The number of thiocarbonyl (C=S) groups is 1. The largest absolute Gasteiger partial charge is 0.496 e. The van der Waals surface area contributed by atoms with E-state index in [1.165, 1.54) is 54.8 Å². The Labute approximate surface area is 259 Å². The average Bonchev–Trinajstić information content (AvgIpc) is 3.53. The molecule has 0 aliphatic carbocycles. The Morgan fingerprint density at radius 3 is 2.23 bits per heavy atom. The number of methoxy groups -OCH3 is 2. The van der Waals surface area contributed by atoms with Gasteiger partial charge in [0.25, 0.3) is 5.91 Å². The van der Waals surface area contributed by atoms with E-state index in [1.54, 1.807) is 0 Å². The molecule has 0 radical (unpaired) electrons. The molecule has 2 amide bonds. The molecule has 0 bridgehead atoms. The molecule has 3 aromatic rings. The average molecular weight is 675 g/mol. The van der Waals surface area contributed by atoms with E-state index in [-0.39, 0.29) is 50.7 Å². The molecular formula is C28H20F6N2O5S3. The van der Waals surface area contributed by atoms with Crippen LogP contribution in [0, 0.1) is 0 Å². The van der Waals surface area contributed by atoms with Gasteiger partial charge in [-0.15, -0.1) is 11.3 Å². The molecule has 7 nitrogen and oxygen atoms in total. The number of benzene rings is 2. The summed E-state index contributed by atoms with van der Waals surface area (Å²) in [7, 11) is 2.57. The van der Waals surface area contributed by atoms with Gasteiger partial charge in [0.05, 0.1) is 30.3 Å². The Balaban J connectivity index is 1.44. The zero-order valence-electron chi connectivity index (χ0n) is 22.6. The summed E-state index contributed by atoms with van der Waals surface area (Å²) in [5, 5.41) is 4.03. The van der Waals surface area contributed by atoms with Crippen LogP contribution < -0.4 is 10.1 Å². The van der Waals surface area contributed by atoms with Crippen LogP contribution in [0.25, 0.3) is 17.2 Å². The summed E-state index contributed by atoms with van der Waals surface area (Å²) < 4.78 is 89.6. The summed E-state index contributed by atoms with van der Waals surface area (Å²) in [6.07, 6.45) is -8.68. The van der Waals surface area contributed by atoms with E-state index in [9.17, 15) is 40.7 Å². The monoisotopic (exact) mass is 674 g/mol. The fourth-order valence-electron chi connectivity index (χ4n) is 4.01. The fraction of sp³-hybridized carbons (Fsp3) is 0.214. The number of nitrogens with one attached hydrogen (secondary N) is 1. The van der Waals surface area contributed by atoms with Crippen molar-refractivity contribution in [3.63, 3.8) is 0 Å². The van der Waals surface area contributed by atoms with E-state index in [0.717, 1.165) is 23.1 Å². The number of rotatable bonds is 8. The Morgan fingerprint density at radius 1 is 0.977 bits per heavy atom. The summed E-state index contributed by atoms with van der Waals surface area (Å²) in [5.74, 6) is -1.40. The van der Waals surface area contributed by atoms with Gasteiger partial charge in [-0.05, 0) is 59.0 Å². The molecule has 44 heavy (non-hydrogen) atoms. The number of esters is 1.